The largest absolute Gasteiger partial charge is 0.507 e. The zero-order chi connectivity index (χ0) is 32.2. The van der Waals surface area contributed by atoms with Crippen molar-refractivity contribution in [1.82, 2.24) is 14.7 Å². The van der Waals surface area contributed by atoms with Crippen molar-refractivity contribution < 1.29 is 29.0 Å². The van der Waals surface area contributed by atoms with E-state index >= 15 is 0 Å². The molecule has 10 heteroatoms. The van der Waals surface area contributed by atoms with Gasteiger partial charge in [0.1, 0.15) is 5.75 Å². The Hall–Kier alpha value is -3.79. The number of anilines is 1. The smallest absolute Gasteiger partial charge is 0.410 e. The number of benzene rings is 2. The second-order valence-corrected chi connectivity index (χ2v) is 13.5. The number of carbonyl (C=O) groups excluding carboxylic acids is 3. The minimum atomic E-state index is -0.955. The Balaban J connectivity index is 1.09. The molecule has 4 heterocycles. The van der Waals surface area contributed by atoms with Crippen molar-refractivity contribution in [2.24, 2.45) is 11.8 Å². The molecule has 2 aromatic rings. The summed E-state index contributed by atoms with van der Waals surface area (Å²) in [6.07, 6.45) is 4.96. The number of nitrogens with zero attached hydrogens (tertiary/aromatic N) is 3. The van der Waals surface area contributed by atoms with Gasteiger partial charge in [0.2, 0.25) is 0 Å². The van der Waals surface area contributed by atoms with Crippen molar-refractivity contribution in [2.45, 2.75) is 77.4 Å². The van der Waals surface area contributed by atoms with Gasteiger partial charge in [0.25, 0.3) is 5.91 Å². The van der Waals surface area contributed by atoms with Crippen LogP contribution in [-0.2, 0) is 27.1 Å². The number of ether oxygens (including phenoxy) is 2. The lowest BCUT2D eigenvalue weighted by atomic mass is 9.80. The van der Waals surface area contributed by atoms with Crippen LogP contribution < -0.4 is 5.32 Å². The Morgan fingerprint density at radius 3 is 2.24 bits per heavy atom. The quantitative estimate of drug-likeness (QED) is 0.449. The van der Waals surface area contributed by atoms with Gasteiger partial charge in [-0.1, -0.05) is 30.3 Å². The molecule has 4 aliphatic rings. The molecule has 0 aliphatic carbocycles. The van der Waals surface area contributed by atoms with Gasteiger partial charge >= 0.3 is 12.1 Å². The predicted molar refractivity (Wildman–Crippen MR) is 175 cm³/mol. The second kappa shape index (κ2) is 14.3. The topological polar surface area (TPSA) is 112 Å². The van der Waals surface area contributed by atoms with E-state index in [-0.39, 0.29) is 30.2 Å². The van der Waals surface area contributed by atoms with E-state index in [4.69, 9.17) is 9.47 Å². The number of phenols is 1. The van der Waals surface area contributed by atoms with Crippen LogP contribution in [0.2, 0.25) is 0 Å². The summed E-state index contributed by atoms with van der Waals surface area (Å²) in [6, 6.07) is 11.5. The molecule has 0 aromatic heterocycles. The van der Waals surface area contributed by atoms with Crippen LogP contribution in [0.1, 0.15) is 60.8 Å². The van der Waals surface area contributed by atoms with E-state index in [0.29, 0.717) is 57.4 Å². The number of hydrogen-bond acceptors (Lipinski definition) is 6. The maximum atomic E-state index is 14.0. The standard InChI is InChI=1S/C36H48N4O6/c1-24-21-26(22-25(2)33(24)41)23-32(34(42)38-14-7-27(8-15-38)28-12-19-45-20-13-28)46-36(44)39-16-10-30(11-17-39)40-18-9-29-5-3-4-6-31(29)37-35(40)43/h3-6,21-22,27-28,30,32,41H,7-20,23H2,1-2H3,(H,37,43)/t32-/m1/s1. The molecule has 3 saturated heterocycles. The number of hydrogen-bond donors (Lipinski definition) is 2. The molecule has 0 spiro atoms. The SMILES string of the molecule is Cc1cc(C[C@@H](OC(=O)N2CCC(N3CCc4ccccc4NC3=O)CC2)C(=O)N2CCC(C3CCOCC3)CC2)cc(C)c1O. The van der Waals surface area contributed by atoms with E-state index in [0.717, 1.165) is 73.3 Å². The van der Waals surface area contributed by atoms with Crippen molar-refractivity contribution in [3.05, 3.63) is 58.7 Å². The summed E-state index contributed by atoms with van der Waals surface area (Å²) < 4.78 is 11.6. The van der Waals surface area contributed by atoms with Gasteiger partial charge < -0.3 is 34.6 Å². The Bertz CT molecular complexity index is 1390. The predicted octanol–water partition coefficient (Wildman–Crippen LogP) is 5.28. The number of fused-ring (bicyclic) bond motifs is 1. The van der Waals surface area contributed by atoms with Gasteiger partial charge in [0.05, 0.1) is 0 Å². The summed E-state index contributed by atoms with van der Waals surface area (Å²) in [5.41, 5.74) is 4.29. The molecule has 0 radical (unpaired) electrons. The average Bonchev–Trinajstić information content (AvgIpc) is 3.25. The van der Waals surface area contributed by atoms with Gasteiger partial charge in [-0.25, -0.2) is 9.59 Å². The fourth-order valence-electron chi connectivity index (χ4n) is 7.83. The van der Waals surface area contributed by atoms with Gasteiger partial charge in [-0.05, 0) is 98.9 Å². The number of amides is 4. The van der Waals surface area contributed by atoms with Gasteiger partial charge in [-0.15, -0.1) is 0 Å². The number of aromatic hydroxyl groups is 1. The van der Waals surface area contributed by atoms with Crippen LogP contribution in [0.4, 0.5) is 15.3 Å². The number of urea groups is 1. The first kappa shape index (κ1) is 32.2. The van der Waals surface area contributed by atoms with Crippen LogP contribution in [0.3, 0.4) is 0 Å². The monoisotopic (exact) mass is 632 g/mol. The third kappa shape index (κ3) is 7.27. The molecule has 6 rings (SSSR count). The van der Waals surface area contributed by atoms with E-state index in [1.165, 1.54) is 0 Å². The zero-order valence-corrected chi connectivity index (χ0v) is 27.2. The molecule has 4 amide bonds. The van der Waals surface area contributed by atoms with Crippen molar-refractivity contribution in [3.63, 3.8) is 0 Å². The molecule has 1 atom stereocenters. The number of carbonyl (C=O) groups is 3. The molecule has 2 N–H and O–H groups in total. The van der Waals surface area contributed by atoms with Crippen molar-refractivity contribution in [2.75, 3.05) is 51.3 Å². The first-order valence-electron chi connectivity index (χ1n) is 17.0. The number of phenolic OH excluding ortho intramolecular Hbond substituents is 1. The number of rotatable bonds is 6. The molecular weight excluding hydrogens is 584 g/mol. The van der Waals surface area contributed by atoms with Crippen LogP contribution >= 0.6 is 0 Å². The van der Waals surface area contributed by atoms with Crippen molar-refractivity contribution in [1.29, 1.82) is 0 Å². The molecule has 46 heavy (non-hydrogen) atoms. The van der Waals surface area contributed by atoms with Crippen LogP contribution in [0.25, 0.3) is 0 Å². The molecular formula is C36H48N4O6. The Morgan fingerprint density at radius 1 is 0.913 bits per heavy atom. The maximum Gasteiger partial charge on any atom is 0.410 e. The van der Waals surface area contributed by atoms with E-state index in [9.17, 15) is 19.5 Å². The molecule has 0 bridgehead atoms. The fourth-order valence-corrected chi connectivity index (χ4v) is 7.83. The summed E-state index contributed by atoms with van der Waals surface area (Å²) in [5.74, 6) is 1.33. The lowest BCUT2D eigenvalue weighted by Gasteiger charge is -2.39. The average molecular weight is 633 g/mol. The summed E-state index contributed by atoms with van der Waals surface area (Å²) in [4.78, 5) is 46.0. The number of likely N-dealkylation sites (tertiary alicyclic amines) is 2. The van der Waals surface area contributed by atoms with E-state index in [1.807, 2.05) is 60.0 Å². The summed E-state index contributed by atoms with van der Waals surface area (Å²) in [6.45, 7) is 8.18. The van der Waals surface area contributed by atoms with E-state index in [1.54, 1.807) is 4.90 Å². The Labute approximate surface area is 272 Å². The van der Waals surface area contributed by atoms with Crippen LogP contribution in [0.5, 0.6) is 5.75 Å². The molecule has 2 aromatic carbocycles. The lowest BCUT2D eigenvalue weighted by molar-refractivity contribution is -0.142. The van der Waals surface area contributed by atoms with Crippen LogP contribution in [0, 0.1) is 25.7 Å². The van der Waals surface area contributed by atoms with Crippen LogP contribution in [0.15, 0.2) is 36.4 Å². The minimum absolute atomic E-state index is 0.0239. The molecule has 10 nitrogen and oxygen atoms in total. The molecule has 248 valence electrons. The highest BCUT2D eigenvalue weighted by atomic mass is 16.6. The third-order valence-electron chi connectivity index (χ3n) is 10.6. The first-order valence-corrected chi connectivity index (χ1v) is 17.0. The molecule has 0 saturated carbocycles. The number of para-hydroxylation sites is 1. The Morgan fingerprint density at radius 2 is 1.54 bits per heavy atom. The fraction of sp³-hybridized carbons (Fsp3) is 0.583. The van der Waals surface area contributed by atoms with Gasteiger partial charge in [0, 0.05) is 64.1 Å². The highest BCUT2D eigenvalue weighted by molar-refractivity contribution is 5.91. The van der Waals surface area contributed by atoms with Crippen molar-refractivity contribution >= 4 is 23.7 Å². The van der Waals surface area contributed by atoms with E-state index < -0.39 is 12.2 Å². The van der Waals surface area contributed by atoms with Gasteiger partial charge in [0.15, 0.2) is 6.10 Å². The normalized spacial score (nSPS) is 20.9. The number of nitrogens with one attached hydrogen (secondary N) is 1. The highest BCUT2D eigenvalue weighted by Crippen LogP contribution is 2.33. The lowest BCUT2D eigenvalue weighted by Crippen LogP contribution is -2.51. The second-order valence-electron chi connectivity index (χ2n) is 13.5. The molecule has 4 aliphatic heterocycles. The maximum absolute atomic E-state index is 14.0. The summed E-state index contributed by atoms with van der Waals surface area (Å²) in [7, 11) is 0. The molecule has 0 unspecified atom stereocenters. The van der Waals surface area contributed by atoms with Crippen LogP contribution in [-0.4, -0.2) is 95.9 Å². The Kier molecular flexibility index (Phi) is 10.0. The number of aryl methyl sites for hydroxylation is 2. The van der Waals surface area contributed by atoms with E-state index in [2.05, 4.69) is 5.32 Å². The van der Waals surface area contributed by atoms with Gasteiger partial charge in [-0.3, -0.25) is 4.79 Å². The molecule has 3 fully saturated rings. The minimum Gasteiger partial charge on any atom is -0.507 e. The van der Waals surface area contributed by atoms with Crippen molar-refractivity contribution in [3.8, 4) is 5.75 Å². The zero-order valence-electron chi connectivity index (χ0n) is 27.2. The first-order chi connectivity index (χ1) is 22.3. The van der Waals surface area contributed by atoms with Gasteiger partial charge in [-0.2, -0.15) is 0 Å². The number of piperidine rings is 2. The third-order valence-corrected chi connectivity index (χ3v) is 10.6. The summed E-state index contributed by atoms with van der Waals surface area (Å²) in [5, 5.41) is 13.4. The highest BCUT2D eigenvalue weighted by Gasteiger charge is 2.36. The summed E-state index contributed by atoms with van der Waals surface area (Å²) >= 11 is 0.